The summed E-state index contributed by atoms with van der Waals surface area (Å²) < 4.78 is 29.8. The van der Waals surface area contributed by atoms with E-state index in [1.807, 2.05) is 0 Å². The van der Waals surface area contributed by atoms with Gasteiger partial charge >= 0.3 is 5.92 Å². The summed E-state index contributed by atoms with van der Waals surface area (Å²) in [4.78, 5) is 53.0. The van der Waals surface area contributed by atoms with Gasteiger partial charge in [-0.1, -0.05) is 41.1 Å². The second-order valence-electron chi connectivity index (χ2n) is 11.3. The average molecular weight is 533 g/mol. The summed E-state index contributed by atoms with van der Waals surface area (Å²) in [7, 11) is 10.1. The first kappa shape index (κ1) is 28.1. The zero-order chi connectivity index (χ0) is 28.4. The minimum Gasteiger partial charge on any atom is -0.357 e. The zero-order valence-corrected chi connectivity index (χ0v) is 22.8. The Bertz CT molecular complexity index is 1380. The van der Waals surface area contributed by atoms with E-state index in [0.29, 0.717) is 16.7 Å². The van der Waals surface area contributed by atoms with E-state index in [4.69, 9.17) is 11.6 Å². The first-order chi connectivity index (χ1) is 17.4. The van der Waals surface area contributed by atoms with Crippen molar-refractivity contribution in [2.45, 2.75) is 34.3 Å². The van der Waals surface area contributed by atoms with Crippen molar-refractivity contribution in [2.24, 2.45) is 0 Å². The van der Waals surface area contributed by atoms with Crippen LogP contribution in [0.25, 0.3) is 0 Å². The Kier molecular flexibility index (Phi) is 6.70. The molecule has 2 heterocycles. The quantitative estimate of drug-likeness (QED) is 0.307. The molecule has 2 aliphatic rings. The maximum absolute atomic E-state index is 14.9. The van der Waals surface area contributed by atoms with Crippen LogP contribution in [0.15, 0.2) is 42.5 Å². The molecule has 2 N–H and O–H groups in total. The first-order valence-electron chi connectivity index (χ1n) is 12.2. The number of carbonyl (C=O) groups excluding carboxylic acids is 4. The van der Waals surface area contributed by atoms with Crippen molar-refractivity contribution in [3.63, 3.8) is 0 Å². The highest BCUT2D eigenvalue weighted by Crippen LogP contribution is 2.49. The molecule has 4 rings (SSSR count). The largest absolute Gasteiger partial charge is 0.357 e. The van der Waals surface area contributed by atoms with Gasteiger partial charge in [0.25, 0.3) is 11.8 Å². The van der Waals surface area contributed by atoms with Crippen LogP contribution in [0.4, 0.5) is 8.78 Å². The second kappa shape index (κ2) is 9.07. The summed E-state index contributed by atoms with van der Waals surface area (Å²) in [5.41, 5.74) is -0.335. The monoisotopic (exact) mass is 533 g/mol. The Morgan fingerprint density at radius 2 is 1.63 bits per heavy atom. The molecule has 190 valence electrons. The number of carbonyl (C=O) groups is 4. The predicted octanol–water partition coefficient (Wildman–Crippen LogP) is -3.63. The van der Waals surface area contributed by atoms with Crippen molar-refractivity contribution >= 4 is 82.3 Å². The molecule has 2 aromatic rings. The van der Waals surface area contributed by atoms with E-state index >= 15 is 0 Å². The predicted molar refractivity (Wildman–Crippen MR) is 155 cm³/mol. The number of benzene rings is 2. The van der Waals surface area contributed by atoms with Gasteiger partial charge in [0.05, 0.1) is 5.44 Å². The summed E-state index contributed by atoms with van der Waals surface area (Å²) >= 11 is 5.78. The Morgan fingerprint density at radius 3 is 2.24 bits per heavy atom. The zero-order valence-electron chi connectivity index (χ0n) is 22.0. The number of hydrogen-bond acceptors (Lipinski definition) is 4. The Labute approximate surface area is 229 Å². The van der Waals surface area contributed by atoms with E-state index in [1.165, 1.54) is 17.0 Å². The van der Waals surface area contributed by atoms with Crippen LogP contribution < -0.4 is 10.6 Å². The van der Waals surface area contributed by atoms with Crippen molar-refractivity contribution in [1.82, 2.24) is 15.5 Å². The van der Waals surface area contributed by atoms with Gasteiger partial charge in [-0.15, -0.1) is 0 Å². The lowest BCUT2D eigenvalue weighted by atomic mass is 9.31. The topological polar surface area (TPSA) is 95.6 Å². The Morgan fingerprint density at radius 1 is 1.05 bits per heavy atom. The Balaban J connectivity index is 1.61. The molecule has 0 aliphatic carbocycles. The van der Waals surface area contributed by atoms with Crippen molar-refractivity contribution in [1.29, 1.82) is 0 Å². The molecule has 0 radical (unpaired) electrons. The number of amides is 4. The molecule has 1 fully saturated rings. The number of fused-ring (bicyclic) bond motifs is 1. The molecule has 38 heavy (non-hydrogen) atoms. The number of imide groups is 1. The summed E-state index contributed by atoms with van der Waals surface area (Å²) in [6.07, 6.45) is 0. The molecule has 0 saturated carbocycles. The molecule has 1 saturated heterocycles. The Hall–Kier alpha value is -2.94. The number of hydrogen-bond donors (Lipinski definition) is 2. The molecular formula is C22H24B6ClF2N3O4. The third-order valence-corrected chi connectivity index (χ3v) is 8.75. The van der Waals surface area contributed by atoms with Crippen molar-refractivity contribution < 1.29 is 28.0 Å². The van der Waals surface area contributed by atoms with Gasteiger partial charge < -0.3 is 10.2 Å². The normalized spacial score (nSPS) is 23.1. The van der Waals surface area contributed by atoms with Crippen molar-refractivity contribution in [3.05, 3.63) is 69.7 Å². The SMILES string of the molecule is BC1C(=O)NC(=O)[C@](B)(N2Cc3cc(C(B)(B)NC(=O)C(F)(F)c4ccc(Cl)cc4)ccc3C2=O)C1(B)B. The van der Waals surface area contributed by atoms with Crippen LogP contribution in [-0.4, -0.2) is 81.0 Å². The second-order valence-corrected chi connectivity index (χ2v) is 11.7. The van der Waals surface area contributed by atoms with Crippen LogP contribution in [0.5, 0.6) is 0 Å². The van der Waals surface area contributed by atoms with E-state index < -0.39 is 51.0 Å². The van der Waals surface area contributed by atoms with Gasteiger partial charge in [-0.05, 0) is 29.3 Å². The summed E-state index contributed by atoms with van der Waals surface area (Å²) in [5.74, 6) is -7.12. The fourth-order valence-corrected chi connectivity index (χ4v) is 5.28. The third-order valence-electron chi connectivity index (χ3n) is 8.50. The van der Waals surface area contributed by atoms with Crippen LogP contribution in [0.3, 0.4) is 0 Å². The van der Waals surface area contributed by atoms with E-state index in [1.54, 1.807) is 65.3 Å². The minimum absolute atomic E-state index is 0.0846. The van der Waals surface area contributed by atoms with Crippen molar-refractivity contribution in [2.75, 3.05) is 0 Å². The van der Waals surface area contributed by atoms with Gasteiger partial charge in [-0.25, -0.2) is 0 Å². The van der Waals surface area contributed by atoms with Crippen LogP contribution in [0, 0.1) is 0 Å². The lowest BCUT2D eigenvalue weighted by Gasteiger charge is -2.54. The summed E-state index contributed by atoms with van der Waals surface area (Å²) in [5, 5.41) is 3.00. The van der Waals surface area contributed by atoms with Gasteiger partial charge in [0.1, 0.15) is 47.1 Å². The van der Waals surface area contributed by atoms with Gasteiger partial charge in [0, 0.05) is 33.8 Å². The minimum atomic E-state index is -3.80. The van der Waals surface area contributed by atoms with E-state index in [2.05, 4.69) is 10.6 Å². The summed E-state index contributed by atoms with van der Waals surface area (Å²) in [6, 6.07) is 9.63. The third kappa shape index (κ3) is 4.19. The van der Waals surface area contributed by atoms with E-state index in [0.717, 1.165) is 12.1 Å². The van der Waals surface area contributed by atoms with Gasteiger partial charge in [-0.3, -0.25) is 24.5 Å². The number of rotatable bonds is 5. The standard InChI is InChI=1S/C22H24B6ClF2N3O4/c23-14-15(35)32-18(38)21(26,20(14,24)25)34-8-9-7-11(3-6-13(9)16(34)36)22(27,28)33-17(37)19(30,31)10-1-4-12(29)5-2-10/h1-7,14H,8,23-28H2,(H,33,37)(H,32,35,38)/t14?,21-/m0/s1. The number of halogens is 3. The van der Waals surface area contributed by atoms with E-state index in [-0.39, 0.29) is 17.5 Å². The van der Waals surface area contributed by atoms with Crippen molar-refractivity contribution in [3.8, 4) is 0 Å². The number of nitrogens with zero attached hydrogens (tertiary/aromatic N) is 1. The van der Waals surface area contributed by atoms with E-state index in [9.17, 15) is 28.0 Å². The average Bonchev–Trinajstić information content (AvgIpc) is 3.18. The molecule has 2 aliphatic heterocycles. The lowest BCUT2D eigenvalue weighted by molar-refractivity contribution is -0.147. The number of alkyl halides is 2. The van der Waals surface area contributed by atoms with Gasteiger partial charge in [0.2, 0.25) is 11.8 Å². The van der Waals surface area contributed by atoms with Crippen LogP contribution in [-0.2, 0) is 32.2 Å². The maximum atomic E-state index is 14.9. The highest BCUT2D eigenvalue weighted by molar-refractivity contribution is 6.57. The maximum Gasteiger partial charge on any atom is 0.349 e. The fourth-order valence-electron chi connectivity index (χ4n) is 5.15. The fraction of sp³-hybridized carbons (Fsp3) is 0.273. The summed E-state index contributed by atoms with van der Waals surface area (Å²) in [6.45, 7) is 0.0846. The molecule has 4 amide bonds. The molecule has 16 heteroatoms. The molecule has 2 atom stereocenters. The molecule has 0 aromatic heterocycles. The van der Waals surface area contributed by atoms with Crippen LogP contribution in [0.2, 0.25) is 16.1 Å². The molecule has 1 unspecified atom stereocenters. The lowest BCUT2D eigenvalue weighted by Crippen LogP contribution is -2.72. The van der Waals surface area contributed by atoms with Gasteiger partial charge in [0.15, 0.2) is 0 Å². The first-order valence-corrected chi connectivity index (χ1v) is 12.6. The highest BCUT2D eigenvalue weighted by Gasteiger charge is 2.60. The van der Waals surface area contributed by atoms with Gasteiger partial charge in [-0.2, -0.15) is 8.78 Å². The number of nitrogens with one attached hydrogen (secondary N) is 2. The smallest absolute Gasteiger partial charge is 0.349 e. The molecule has 2 aromatic carbocycles. The number of piperidine rings is 1. The van der Waals surface area contributed by atoms with Crippen LogP contribution in [0.1, 0.15) is 27.0 Å². The molecular weight excluding hydrogens is 509 g/mol. The highest BCUT2D eigenvalue weighted by atomic mass is 35.5. The molecule has 0 spiro atoms. The molecule has 0 bridgehead atoms. The molecule has 7 nitrogen and oxygen atoms in total. The van der Waals surface area contributed by atoms with Crippen LogP contribution >= 0.6 is 11.6 Å².